The molecule has 8 heteroatoms. The number of aryl methyl sites for hydroxylation is 2. The van der Waals surface area contributed by atoms with E-state index < -0.39 is 41.0 Å². The van der Waals surface area contributed by atoms with Crippen molar-refractivity contribution < 1.29 is 32.3 Å². The van der Waals surface area contributed by atoms with Gasteiger partial charge in [0.2, 0.25) is 0 Å². The lowest BCUT2D eigenvalue weighted by atomic mass is 9.94. The van der Waals surface area contributed by atoms with Crippen LogP contribution in [0, 0.1) is 19.7 Å². The number of carbonyl (C=O) groups excluding carboxylic acids is 2. The van der Waals surface area contributed by atoms with Crippen molar-refractivity contribution in [3.63, 3.8) is 0 Å². The smallest absolute Gasteiger partial charge is 0.416 e. The van der Waals surface area contributed by atoms with Crippen molar-refractivity contribution in [1.29, 1.82) is 0 Å². The van der Waals surface area contributed by atoms with Gasteiger partial charge in [0.1, 0.15) is 11.6 Å². The zero-order valence-corrected chi connectivity index (χ0v) is 18.2. The van der Waals surface area contributed by atoms with E-state index in [1.807, 2.05) is 0 Å². The van der Waals surface area contributed by atoms with Gasteiger partial charge in [-0.15, -0.1) is 0 Å². The maximum absolute atomic E-state index is 13.8. The molecule has 0 radical (unpaired) electrons. The molecule has 0 aliphatic carbocycles. The first-order valence-corrected chi connectivity index (χ1v) is 10.3. The molecule has 4 rings (SSSR count). The summed E-state index contributed by atoms with van der Waals surface area (Å²) < 4.78 is 52.9. The number of anilines is 1. The van der Waals surface area contributed by atoms with Crippen molar-refractivity contribution in [2.45, 2.75) is 26.1 Å². The molecule has 34 heavy (non-hydrogen) atoms. The summed E-state index contributed by atoms with van der Waals surface area (Å²) in [6.45, 7) is 3.29. The molecule has 0 bridgehead atoms. The summed E-state index contributed by atoms with van der Waals surface area (Å²) in [6, 6.07) is 13.4. The summed E-state index contributed by atoms with van der Waals surface area (Å²) in [5, 5.41) is 11.0. The second kappa shape index (κ2) is 8.44. The van der Waals surface area contributed by atoms with Gasteiger partial charge in [0.15, 0.2) is 0 Å². The largest absolute Gasteiger partial charge is 0.507 e. The van der Waals surface area contributed by atoms with Crippen LogP contribution in [-0.4, -0.2) is 16.8 Å². The highest BCUT2D eigenvalue weighted by molar-refractivity contribution is 6.51. The van der Waals surface area contributed by atoms with Crippen molar-refractivity contribution in [2.75, 3.05) is 4.90 Å². The molecular weight excluding hydrogens is 450 g/mol. The van der Waals surface area contributed by atoms with Crippen molar-refractivity contribution in [3.05, 3.63) is 106 Å². The molecule has 1 aliphatic heterocycles. The normalized spacial score (nSPS) is 17.9. The van der Waals surface area contributed by atoms with Crippen LogP contribution >= 0.6 is 0 Å². The lowest BCUT2D eigenvalue weighted by Gasteiger charge is -2.26. The Kier molecular flexibility index (Phi) is 5.77. The molecule has 1 saturated heterocycles. The molecule has 1 fully saturated rings. The highest BCUT2D eigenvalue weighted by Gasteiger charge is 2.47. The van der Waals surface area contributed by atoms with E-state index in [9.17, 15) is 32.3 Å². The summed E-state index contributed by atoms with van der Waals surface area (Å²) in [4.78, 5) is 27.2. The molecule has 0 aromatic heterocycles. The van der Waals surface area contributed by atoms with Gasteiger partial charge in [-0.25, -0.2) is 4.39 Å². The Bertz CT molecular complexity index is 1330. The van der Waals surface area contributed by atoms with Crippen LogP contribution < -0.4 is 4.90 Å². The molecule has 1 amide bonds. The van der Waals surface area contributed by atoms with Crippen molar-refractivity contribution >= 4 is 23.1 Å². The Balaban J connectivity index is 1.92. The Hall–Kier alpha value is -3.94. The zero-order chi connectivity index (χ0) is 24.8. The number of nitrogens with zero attached hydrogens (tertiary/aromatic N) is 1. The number of benzene rings is 3. The fourth-order valence-electron chi connectivity index (χ4n) is 4.01. The van der Waals surface area contributed by atoms with Crippen molar-refractivity contribution in [3.8, 4) is 0 Å². The molecule has 0 spiro atoms. The minimum Gasteiger partial charge on any atom is -0.507 e. The molecular formula is C26H19F4NO3. The fraction of sp³-hybridized carbons (Fsp3) is 0.154. The summed E-state index contributed by atoms with van der Waals surface area (Å²) in [6.07, 6.45) is -4.57. The number of amides is 1. The zero-order valence-electron chi connectivity index (χ0n) is 18.2. The predicted molar refractivity (Wildman–Crippen MR) is 119 cm³/mol. The minimum atomic E-state index is -4.57. The summed E-state index contributed by atoms with van der Waals surface area (Å²) in [7, 11) is 0. The number of aliphatic hydroxyl groups is 1. The number of carbonyl (C=O) groups is 2. The van der Waals surface area contributed by atoms with Crippen LogP contribution in [0.15, 0.2) is 72.3 Å². The Morgan fingerprint density at radius 2 is 1.62 bits per heavy atom. The third-order valence-electron chi connectivity index (χ3n) is 5.71. The molecule has 1 N–H and O–H groups in total. The first-order valence-electron chi connectivity index (χ1n) is 10.3. The highest BCUT2D eigenvalue weighted by Crippen LogP contribution is 2.43. The van der Waals surface area contributed by atoms with Crippen molar-refractivity contribution in [2.24, 2.45) is 0 Å². The van der Waals surface area contributed by atoms with E-state index in [0.717, 1.165) is 40.8 Å². The standard InChI is InChI=1S/C26H19F4NO3/c1-14-4-3-5-16(12-14)22-21(23(32)17-6-11-20(27)15(2)13-17)24(33)25(34)31(22)19-9-7-18(8-10-19)26(28,29)30/h3-13,22,32H,1-2H3/b23-21-. The molecule has 3 aromatic rings. The van der Waals surface area contributed by atoms with Gasteiger partial charge in [0.25, 0.3) is 11.7 Å². The third kappa shape index (κ3) is 4.07. The summed E-state index contributed by atoms with van der Waals surface area (Å²) >= 11 is 0. The average Bonchev–Trinajstić information content (AvgIpc) is 3.05. The Morgan fingerprint density at radius 1 is 0.941 bits per heavy atom. The van der Waals surface area contributed by atoms with E-state index in [4.69, 9.17) is 0 Å². The van der Waals surface area contributed by atoms with E-state index in [1.165, 1.54) is 19.1 Å². The maximum Gasteiger partial charge on any atom is 0.416 e. The quantitative estimate of drug-likeness (QED) is 0.219. The van der Waals surface area contributed by atoms with Gasteiger partial charge in [-0.1, -0.05) is 29.8 Å². The minimum absolute atomic E-state index is 0.0657. The van der Waals surface area contributed by atoms with E-state index in [2.05, 4.69) is 0 Å². The topological polar surface area (TPSA) is 57.6 Å². The lowest BCUT2D eigenvalue weighted by molar-refractivity contribution is -0.137. The van der Waals surface area contributed by atoms with Crippen LogP contribution in [0.4, 0.5) is 23.2 Å². The highest BCUT2D eigenvalue weighted by atomic mass is 19.4. The number of ketones is 1. The lowest BCUT2D eigenvalue weighted by Crippen LogP contribution is -2.29. The number of rotatable bonds is 3. The van der Waals surface area contributed by atoms with E-state index in [1.54, 1.807) is 31.2 Å². The SMILES string of the molecule is Cc1cccc(C2/C(=C(/O)c3ccc(F)c(C)c3)C(=O)C(=O)N2c2ccc(C(F)(F)F)cc2)c1. The van der Waals surface area contributed by atoms with E-state index >= 15 is 0 Å². The van der Waals surface area contributed by atoms with Crippen LogP contribution in [0.1, 0.15) is 33.9 Å². The second-order valence-electron chi connectivity index (χ2n) is 8.09. The first-order chi connectivity index (χ1) is 16.0. The van der Waals surface area contributed by atoms with E-state index in [-0.39, 0.29) is 22.4 Å². The van der Waals surface area contributed by atoms with Gasteiger partial charge in [0, 0.05) is 11.3 Å². The van der Waals surface area contributed by atoms with Crippen LogP contribution in [0.5, 0.6) is 0 Å². The number of alkyl halides is 3. The summed E-state index contributed by atoms with van der Waals surface area (Å²) in [5.74, 6) is -2.99. The van der Waals surface area contributed by atoms with Crippen LogP contribution in [0.2, 0.25) is 0 Å². The second-order valence-corrected chi connectivity index (χ2v) is 8.09. The number of Topliss-reactive ketones (excluding diaryl/α,β-unsaturated/α-hetero) is 1. The van der Waals surface area contributed by atoms with Crippen LogP contribution in [0.3, 0.4) is 0 Å². The Labute approximate surface area is 192 Å². The van der Waals surface area contributed by atoms with E-state index in [0.29, 0.717) is 5.56 Å². The van der Waals surface area contributed by atoms with Gasteiger partial charge in [-0.3, -0.25) is 14.5 Å². The van der Waals surface area contributed by atoms with Crippen molar-refractivity contribution in [1.82, 2.24) is 0 Å². The monoisotopic (exact) mass is 469 g/mol. The van der Waals surface area contributed by atoms with Gasteiger partial charge < -0.3 is 5.11 Å². The third-order valence-corrected chi connectivity index (χ3v) is 5.71. The maximum atomic E-state index is 13.8. The molecule has 0 saturated carbocycles. The number of hydrogen-bond donors (Lipinski definition) is 1. The molecule has 1 unspecified atom stereocenters. The summed E-state index contributed by atoms with van der Waals surface area (Å²) in [5.41, 5.74) is 0.599. The predicted octanol–water partition coefficient (Wildman–Crippen LogP) is 6.09. The molecule has 1 heterocycles. The molecule has 174 valence electrons. The van der Waals surface area contributed by atoms with Crippen LogP contribution in [-0.2, 0) is 15.8 Å². The fourth-order valence-corrected chi connectivity index (χ4v) is 4.01. The van der Waals surface area contributed by atoms with Gasteiger partial charge in [-0.2, -0.15) is 13.2 Å². The van der Waals surface area contributed by atoms with Gasteiger partial charge in [-0.05, 0) is 67.4 Å². The van der Waals surface area contributed by atoms with Crippen LogP contribution in [0.25, 0.3) is 5.76 Å². The molecule has 3 aromatic carbocycles. The number of halogens is 4. The number of aliphatic hydroxyl groups excluding tert-OH is 1. The molecule has 4 nitrogen and oxygen atoms in total. The number of hydrogen-bond acceptors (Lipinski definition) is 3. The first kappa shape index (κ1) is 23.2. The van der Waals surface area contributed by atoms with Gasteiger partial charge >= 0.3 is 6.18 Å². The van der Waals surface area contributed by atoms with Gasteiger partial charge in [0.05, 0.1) is 17.2 Å². The Morgan fingerprint density at radius 3 is 2.21 bits per heavy atom. The molecule has 1 aliphatic rings. The molecule has 1 atom stereocenters. The average molecular weight is 469 g/mol.